The van der Waals surface area contributed by atoms with Gasteiger partial charge in [-0.2, -0.15) is 0 Å². The van der Waals surface area contributed by atoms with E-state index in [4.69, 9.17) is 0 Å². The second-order valence-electron chi connectivity index (χ2n) is 8.17. The van der Waals surface area contributed by atoms with Gasteiger partial charge in [0.25, 0.3) is 0 Å². The molecule has 7 nitrogen and oxygen atoms in total. The van der Waals surface area contributed by atoms with Crippen molar-refractivity contribution in [3.05, 3.63) is 94.8 Å². The zero-order valence-electron chi connectivity index (χ0n) is 18.7. The number of nitrogens with one attached hydrogen (secondary N) is 2. The maximum absolute atomic E-state index is 12.3. The first-order valence-electron chi connectivity index (χ1n) is 11.0. The van der Waals surface area contributed by atoms with E-state index in [2.05, 4.69) is 15.6 Å². The minimum Gasteiger partial charge on any atom is -0.508 e. The van der Waals surface area contributed by atoms with Gasteiger partial charge in [0.1, 0.15) is 5.75 Å². The van der Waals surface area contributed by atoms with Crippen molar-refractivity contribution in [2.45, 2.75) is 45.1 Å². The van der Waals surface area contributed by atoms with Gasteiger partial charge in [-0.3, -0.25) is 9.78 Å². The summed E-state index contributed by atoms with van der Waals surface area (Å²) in [6, 6.07) is 18.4. The van der Waals surface area contributed by atoms with Gasteiger partial charge in [-0.05, 0) is 54.3 Å². The third kappa shape index (κ3) is 7.68. The van der Waals surface area contributed by atoms with Crippen LogP contribution in [-0.2, 0) is 30.8 Å². The number of nitrogens with zero attached hydrogens (tertiary/aromatic N) is 1. The number of carbonyl (C=O) groups is 1. The van der Waals surface area contributed by atoms with Crippen LogP contribution in [0.25, 0.3) is 0 Å². The predicted octanol–water partition coefficient (Wildman–Crippen LogP) is 2.39. The summed E-state index contributed by atoms with van der Waals surface area (Å²) in [6.07, 6.45) is 1.99. The fourth-order valence-electron chi connectivity index (χ4n) is 3.60. The molecule has 1 heterocycles. The van der Waals surface area contributed by atoms with Crippen molar-refractivity contribution < 1.29 is 20.1 Å². The maximum Gasteiger partial charge on any atom is 0.224 e. The largest absolute Gasteiger partial charge is 0.508 e. The second kappa shape index (κ2) is 12.1. The van der Waals surface area contributed by atoms with Crippen LogP contribution in [0.5, 0.6) is 5.75 Å². The van der Waals surface area contributed by atoms with Crippen LogP contribution in [0.3, 0.4) is 0 Å². The van der Waals surface area contributed by atoms with Gasteiger partial charge in [0.05, 0.1) is 31.4 Å². The lowest BCUT2D eigenvalue weighted by atomic mass is 10.0. The number of phenols is 1. The molecule has 0 fully saturated rings. The summed E-state index contributed by atoms with van der Waals surface area (Å²) in [7, 11) is 0. The van der Waals surface area contributed by atoms with E-state index in [1.54, 1.807) is 18.3 Å². The minimum absolute atomic E-state index is 0.0140. The van der Waals surface area contributed by atoms with Crippen LogP contribution >= 0.6 is 0 Å². The van der Waals surface area contributed by atoms with Crippen LogP contribution in [0, 0.1) is 0 Å². The Morgan fingerprint density at radius 2 is 1.88 bits per heavy atom. The molecule has 0 aliphatic rings. The van der Waals surface area contributed by atoms with Gasteiger partial charge < -0.3 is 26.0 Å². The monoisotopic (exact) mass is 449 g/mol. The molecule has 0 unspecified atom stereocenters. The highest BCUT2D eigenvalue weighted by atomic mass is 16.3. The Bertz CT molecular complexity index is 1040. The van der Waals surface area contributed by atoms with Gasteiger partial charge in [-0.25, -0.2) is 0 Å². The van der Waals surface area contributed by atoms with Crippen LogP contribution in [0.4, 0.5) is 0 Å². The van der Waals surface area contributed by atoms with E-state index in [9.17, 15) is 20.1 Å². The van der Waals surface area contributed by atoms with Crippen LogP contribution in [0.1, 0.15) is 41.0 Å². The number of hydrogen-bond donors (Lipinski definition) is 5. The number of pyridine rings is 1. The van der Waals surface area contributed by atoms with Gasteiger partial charge in [0.2, 0.25) is 5.91 Å². The molecule has 2 atom stereocenters. The SMILES string of the molecule is C[C@H](Cc1cccc(CC(=O)NCc2ccccn2)c1)NC[C@@H](O)c1ccc(O)c(CO)c1. The van der Waals surface area contributed by atoms with E-state index in [0.717, 1.165) is 23.2 Å². The second-order valence-corrected chi connectivity index (χ2v) is 8.17. The Kier molecular flexibility index (Phi) is 8.95. The maximum atomic E-state index is 12.3. The first-order valence-corrected chi connectivity index (χ1v) is 11.0. The lowest BCUT2D eigenvalue weighted by molar-refractivity contribution is -0.120. The summed E-state index contributed by atoms with van der Waals surface area (Å²) < 4.78 is 0. The van der Waals surface area contributed by atoms with E-state index in [-0.39, 0.29) is 24.3 Å². The van der Waals surface area contributed by atoms with Gasteiger partial charge >= 0.3 is 0 Å². The lowest BCUT2D eigenvalue weighted by Gasteiger charge is -2.18. The smallest absolute Gasteiger partial charge is 0.224 e. The zero-order chi connectivity index (χ0) is 23.6. The van der Waals surface area contributed by atoms with Crippen LogP contribution < -0.4 is 10.6 Å². The van der Waals surface area contributed by atoms with Gasteiger partial charge in [-0.1, -0.05) is 36.4 Å². The highest BCUT2D eigenvalue weighted by Gasteiger charge is 2.13. The van der Waals surface area contributed by atoms with Crippen molar-refractivity contribution in [1.82, 2.24) is 15.6 Å². The number of amides is 1. The van der Waals surface area contributed by atoms with Gasteiger partial charge in [-0.15, -0.1) is 0 Å². The molecule has 0 aliphatic carbocycles. The number of aliphatic hydroxyl groups is 2. The average molecular weight is 450 g/mol. The number of benzene rings is 2. The molecule has 0 saturated heterocycles. The Balaban J connectivity index is 1.47. The molecule has 33 heavy (non-hydrogen) atoms. The summed E-state index contributed by atoms with van der Waals surface area (Å²) in [5.41, 5.74) is 3.89. The van der Waals surface area contributed by atoms with Crippen molar-refractivity contribution in [3.63, 3.8) is 0 Å². The van der Waals surface area contributed by atoms with E-state index < -0.39 is 6.10 Å². The molecule has 0 aliphatic heterocycles. The molecule has 0 saturated carbocycles. The predicted molar refractivity (Wildman–Crippen MR) is 126 cm³/mol. The summed E-state index contributed by atoms with van der Waals surface area (Å²) in [5, 5.41) is 35.6. The minimum atomic E-state index is -0.757. The van der Waals surface area contributed by atoms with Crippen molar-refractivity contribution >= 4 is 5.91 Å². The lowest BCUT2D eigenvalue weighted by Crippen LogP contribution is -2.32. The van der Waals surface area contributed by atoms with E-state index in [1.807, 2.05) is 49.4 Å². The summed E-state index contributed by atoms with van der Waals surface area (Å²) in [4.78, 5) is 16.5. The number of aromatic nitrogens is 1. The third-order valence-electron chi connectivity index (χ3n) is 5.41. The van der Waals surface area contributed by atoms with Crippen molar-refractivity contribution in [2.24, 2.45) is 0 Å². The standard InChI is InChI=1S/C26H31N3O4/c1-18(28-16-25(32)21-8-9-24(31)22(14-21)17-30)11-19-5-4-6-20(12-19)13-26(33)29-15-23-7-2-3-10-27-23/h2-10,12,14,18,25,28,30-32H,11,13,15-17H2,1H3,(H,29,33)/t18-,25-/m1/s1. The highest BCUT2D eigenvalue weighted by molar-refractivity contribution is 5.78. The summed E-state index contributed by atoms with van der Waals surface area (Å²) in [5.74, 6) is -0.0386. The molecular formula is C26H31N3O4. The molecule has 3 rings (SSSR count). The quantitative estimate of drug-likeness (QED) is 0.307. The molecule has 0 bridgehead atoms. The number of aliphatic hydroxyl groups excluding tert-OH is 2. The van der Waals surface area contributed by atoms with Crippen molar-refractivity contribution in [2.75, 3.05) is 6.54 Å². The van der Waals surface area contributed by atoms with Gasteiger partial charge in [0.15, 0.2) is 0 Å². The van der Waals surface area contributed by atoms with E-state index >= 15 is 0 Å². The van der Waals surface area contributed by atoms with Crippen LogP contribution in [0.15, 0.2) is 66.9 Å². The Morgan fingerprint density at radius 1 is 1.06 bits per heavy atom. The van der Waals surface area contributed by atoms with Crippen LogP contribution in [0.2, 0.25) is 0 Å². The molecule has 3 aromatic rings. The zero-order valence-corrected chi connectivity index (χ0v) is 18.7. The molecule has 1 aromatic heterocycles. The number of hydrogen-bond acceptors (Lipinski definition) is 6. The fraction of sp³-hybridized carbons (Fsp3) is 0.308. The fourth-order valence-corrected chi connectivity index (χ4v) is 3.60. The molecule has 5 N–H and O–H groups in total. The molecule has 1 amide bonds. The topological polar surface area (TPSA) is 115 Å². The Hall–Kier alpha value is -3.26. The van der Waals surface area contributed by atoms with Gasteiger partial charge in [0, 0.05) is 24.3 Å². The molecule has 0 spiro atoms. The van der Waals surface area contributed by atoms with E-state index in [1.165, 1.54) is 6.07 Å². The molecular weight excluding hydrogens is 418 g/mol. The third-order valence-corrected chi connectivity index (χ3v) is 5.41. The summed E-state index contributed by atoms with van der Waals surface area (Å²) >= 11 is 0. The van der Waals surface area contributed by atoms with Crippen LogP contribution in [-0.4, -0.2) is 38.8 Å². The Morgan fingerprint density at radius 3 is 2.64 bits per heavy atom. The molecule has 2 aromatic carbocycles. The molecule has 7 heteroatoms. The Labute approximate surface area is 194 Å². The first-order chi connectivity index (χ1) is 15.9. The van der Waals surface area contributed by atoms with E-state index in [0.29, 0.717) is 30.6 Å². The highest BCUT2D eigenvalue weighted by Crippen LogP contribution is 2.22. The van der Waals surface area contributed by atoms with Crippen molar-refractivity contribution in [3.8, 4) is 5.75 Å². The number of carbonyl (C=O) groups excluding carboxylic acids is 1. The summed E-state index contributed by atoms with van der Waals surface area (Å²) in [6.45, 7) is 2.50. The number of aromatic hydroxyl groups is 1. The molecule has 0 radical (unpaired) electrons. The number of rotatable bonds is 11. The first kappa shape index (κ1) is 24.4. The molecule has 174 valence electrons. The normalized spacial score (nSPS) is 12.8. The average Bonchev–Trinajstić information content (AvgIpc) is 2.82. The van der Waals surface area contributed by atoms with Crippen molar-refractivity contribution in [1.29, 1.82) is 0 Å².